The summed E-state index contributed by atoms with van der Waals surface area (Å²) < 4.78 is 0. The van der Waals surface area contributed by atoms with E-state index in [2.05, 4.69) is 4.90 Å². The van der Waals surface area contributed by atoms with Crippen LogP contribution in [0.5, 0.6) is 0 Å². The Bertz CT molecular complexity index is 1620. The fraction of sp³-hybridized carbons (Fsp3) is 0.147. The van der Waals surface area contributed by atoms with Crippen LogP contribution in [0.4, 0.5) is 5.69 Å². The van der Waals surface area contributed by atoms with E-state index in [9.17, 15) is 14.4 Å². The molecule has 3 aliphatic rings. The zero-order valence-corrected chi connectivity index (χ0v) is 20.9. The molecular weight excluding hydrogens is 470 g/mol. The zero-order valence-electron chi connectivity index (χ0n) is 20.9. The van der Waals surface area contributed by atoms with Crippen LogP contribution in [0.2, 0.25) is 0 Å². The first-order chi connectivity index (χ1) is 18.5. The van der Waals surface area contributed by atoms with E-state index >= 15 is 0 Å². The number of ketones is 3. The van der Waals surface area contributed by atoms with Crippen molar-refractivity contribution in [2.45, 2.75) is 24.9 Å². The molecule has 38 heavy (non-hydrogen) atoms. The Morgan fingerprint density at radius 3 is 2.03 bits per heavy atom. The van der Waals surface area contributed by atoms with Crippen LogP contribution in [-0.2, 0) is 0 Å². The highest BCUT2D eigenvalue weighted by Crippen LogP contribution is 2.60. The average molecular weight is 496 g/mol. The molecule has 0 radical (unpaired) electrons. The quantitative estimate of drug-likeness (QED) is 0.247. The number of hydrogen-bond acceptors (Lipinski definition) is 4. The lowest BCUT2D eigenvalue weighted by molar-refractivity contribution is 0.0666. The van der Waals surface area contributed by atoms with E-state index in [1.165, 1.54) is 0 Å². The third-order valence-corrected chi connectivity index (χ3v) is 8.48. The molecule has 4 aromatic rings. The second kappa shape index (κ2) is 8.22. The lowest BCUT2D eigenvalue weighted by atomic mass is 9.64. The van der Waals surface area contributed by atoms with E-state index in [0.29, 0.717) is 16.7 Å². The molecule has 2 aliphatic heterocycles. The molecule has 0 N–H and O–H groups in total. The summed E-state index contributed by atoms with van der Waals surface area (Å²) in [5.74, 6) is -1.18. The number of anilines is 1. The summed E-state index contributed by atoms with van der Waals surface area (Å²) in [5, 5.41) is 0. The summed E-state index contributed by atoms with van der Waals surface area (Å²) >= 11 is 0. The number of nitrogens with zero attached hydrogens (tertiary/aromatic N) is 1. The molecule has 2 heterocycles. The monoisotopic (exact) mass is 495 g/mol. The van der Waals surface area contributed by atoms with Gasteiger partial charge in [-0.2, -0.15) is 0 Å². The Hall–Kier alpha value is -4.57. The van der Waals surface area contributed by atoms with Gasteiger partial charge in [-0.3, -0.25) is 14.4 Å². The molecule has 1 saturated heterocycles. The highest BCUT2D eigenvalue weighted by atomic mass is 16.2. The minimum atomic E-state index is -1.46. The molecule has 1 spiro atoms. The van der Waals surface area contributed by atoms with E-state index in [4.69, 9.17) is 0 Å². The van der Waals surface area contributed by atoms with E-state index < -0.39 is 23.4 Å². The van der Waals surface area contributed by atoms with Crippen LogP contribution >= 0.6 is 0 Å². The molecule has 3 unspecified atom stereocenters. The molecule has 0 aromatic heterocycles. The number of aryl methyl sites for hydroxylation is 1. The molecule has 0 bridgehead atoms. The molecule has 7 rings (SSSR count). The fourth-order valence-electron chi connectivity index (χ4n) is 6.84. The molecule has 4 heteroatoms. The minimum absolute atomic E-state index is 0.0950. The van der Waals surface area contributed by atoms with Gasteiger partial charge in [0.05, 0.1) is 6.04 Å². The maximum absolute atomic E-state index is 14.5. The van der Waals surface area contributed by atoms with Crippen LogP contribution in [0.3, 0.4) is 0 Å². The number of carbonyl (C=O) groups excluding carboxylic acids is 3. The van der Waals surface area contributed by atoms with Gasteiger partial charge in [0, 0.05) is 28.3 Å². The van der Waals surface area contributed by atoms with Gasteiger partial charge in [-0.05, 0) is 24.1 Å². The van der Waals surface area contributed by atoms with Crippen molar-refractivity contribution in [3.05, 3.63) is 143 Å². The Balaban J connectivity index is 1.54. The predicted octanol–water partition coefficient (Wildman–Crippen LogP) is 6.31. The first-order valence-electron chi connectivity index (χ1n) is 12.9. The first kappa shape index (κ1) is 22.6. The molecule has 3 atom stereocenters. The minimum Gasteiger partial charge on any atom is -0.352 e. The zero-order chi connectivity index (χ0) is 26.0. The molecule has 0 amide bonds. The van der Waals surface area contributed by atoms with Crippen molar-refractivity contribution in [3.8, 4) is 0 Å². The summed E-state index contributed by atoms with van der Waals surface area (Å²) in [5.41, 5.74) is 3.69. The molecular formula is C34H25NO3. The number of carbonyl (C=O) groups is 3. The van der Waals surface area contributed by atoms with Gasteiger partial charge in [0.25, 0.3) is 0 Å². The maximum atomic E-state index is 14.5. The standard InChI is InChI=1S/C34H25NO3/c1-21-15-17-24(18-16-21)31(36)30-29(23-10-3-2-4-11-23)34(32(37)25-12-6-7-13-26(25)33(34)38)28-20-19-22-9-5-8-14-27(22)35(28)30/h2-20,28-30H,1H3. The van der Waals surface area contributed by atoms with Gasteiger partial charge in [0.2, 0.25) is 0 Å². The van der Waals surface area contributed by atoms with Crippen LogP contribution in [0, 0.1) is 12.3 Å². The maximum Gasteiger partial charge on any atom is 0.185 e. The number of fused-ring (bicyclic) bond motifs is 5. The Morgan fingerprint density at radius 1 is 0.737 bits per heavy atom. The van der Waals surface area contributed by atoms with Crippen LogP contribution in [0.25, 0.3) is 6.08 Å². The van der Waals surface area contributed by atoms with Gasteiger partial charge >= 0.3 is 0 Å². The lowest BCUT2D eigenvalue weighted by Gasteiger charge is -2.37. The smallest absolute Gasteiger partial charge is 0.185 e. The molecule has 1 aliphatic carbocycles. The molecule has 1 fully saturated rings. The molecule has 4 aromatic carbocycles. The summed E-state index contributed by atoms with van der Waals surface area (Å²) in [7, 11) is 0. The van der Waals surface area contributed by atoms with Gasteiger partial charge in [-0.1, -0.05) is 115 Å². The van der Waals surface area contributed by atoms with Crippen molar-refractivity contribution in [1.82, 2.24) is 0 Å². The van der Waals surface area contributed by atoms with Gasteiger partial charge < -0.3 is 4.90 Å². The number of hydrogen-bond donors (Lipinski definition) is 0. The van der Waals surface area contributed by atoms with E-state index in [1.807, 2.05) is 97.9 Å². The number of rotatable bonds is 3. The average Bonchev–Trinajstić information content (AvgIpc) is 3.40. The van der Waals surface area contributed by atoms with Crippen LogP contribution in [0.1, 0.15) is 53.7 Å². The Morgan fingerprint density at radius 2 is 1.34 bits per heavy atom. The van der Waals surface area contributed by atoms with Gasteiger partial charge in [0.15, 0.2) is 17.3 Å². The lowest BCUT2D eigenvalue weighted by Crippen LogP contribution is -2.48. The van der Waals surface area contributed by atoms with Crippen molar-refractivity contribution < 1.29 is 14.4 Å². The molecule has 0 saturated carbocycles. The third kappa shape index (κ3) is 2.89. The number of para-hydroxylation sites is 1. The van der Waals surface area contributed by atoms with Crippen LogP contribution in [-0.4, -0.2) is 29.4 Å². The molecule has 184 valence electrons. The second-order valence-electron chi connectivity index (χ2n) is 10.4. The van der Waals surface area contributed by atoms with Crippen molar-refractivity contribution in [1.29, 1.82) is 0 Å². The van der Waals surface area contributed by atoms with Crippen molar-refractivity contribution >= 4 is 29.1 Å². The SMILES string of the molecule is Cc1ccc(C(=O)C2C(c3ccccc3)C3(C(=O)c4ccccc4C3=O)C3C=Cc4ccccc4N23)cc1. The van der Waals surface area contributed by atoms with Crippen molar-refractivity contribution in [2.75, 3.05) is 4.90 Å². The number of Topliss-reactive ketones (excluding diaryl/α,β-unsaturated/α-hetero) is 3. The van der Waals surface area contributed by atoms with E-state index in [1.54, 1.807) is 24.3 Å². The van der Waals surface area contributed by atoms with Gasteiger partial charge in [0.1, 0.15) is 11.5 Å². The summed E-state index contributed by atoms with van der Waals surface area (Å²) in [4.78, 5) is 45.7. The van der Waals surface area contributed by atoms with E-state index in [0.717, 1.165) is 22.4 Å². The Kier molecular flexibility index (Phi) is 4.89. The van der Waals surface area contributed by atoms with Gasteiger partial charge in [-0.15, -0.1) is 0 Å². The fourth-order valence-corrected chi connectivity index (χ4v) is 6.84. The third-order valence-electron chi connectivity index (χ3n) is 8.48. The van der Waals surface area contributed by atoms with Crippen LogP contribution in [0.15, 0.2) is 109 Å². The summed E-state index contributed by atoms with van der Waals surface area (Å²) in [6.45, 7) is 1.99. The largest absolute Gasteiger partial charge is 0.352 e. The Labute approximate surface area is 221 Å². The normalized spacial score (nSPS) is 22.3. The predicted molar refractivity (Wildman–Crippen MR) is 148 cm³/mol. The topological polar surface area (TPSA) is 54.5 Å². The first-order valence-corrected chi connectivity index (χ1v) is 12.9. The number of benzene rings is 4. The highest BCUT2D eigenvalue weighted by molar-refractivity contribution is 6.32. The summed E-state index contributed by atoms with van der Waals surface area (Å²) in [6.07, 6.45) is 3.95. The molecule has 4 nitrogen and oxygen atoms in total. The van der Waals surface area contributed by atoms with Crippen LogP contribution < -0.4 is 4.90 Å². The summed E-state index contributed by atoms with van der Waals surface area (Å²) in [6, 6.07) is 30.8. The van der Waals surface area contributed by atoms with E-state index in [-0.39, 0.29) is 17.3 Å². The second-order valence-corrected chi connectivity index (χ2v) is 10.4. The van der Waals surface area contributed by atoms with Crippen molar-refractivity contribution in [3.63, 3.8) is 0 Å². The highest BCUT2D eigenvalue weighted by Gasteiger charge is 2.71. The van der Waals surface area contributed by atoms with Crippen molar-refractivity contribution in [2.24, 2.45) is 5.41 Å². The van der Waals surface area contributed by atoms with Gasteiger partial charge in [-0.25, -0.2) is 0 Å².